The number of carbonyl (C=O) groups is 2. The van der Waals surface area contributed by atoms with Crippen LogP contribution in [0.5, 0.6) is 5.75 Å². The Kier molecular flexibility index (Phi) is 5.29. The number of methoxy groups -OCH3 is 1. The van der Waals surface area contributed by atoms with E-state index in [1.54, 1.807) is 7.11 Å². The average Bonchev–Trinajstić information content (AvgIpc) is 2.74. The van der Waals surface area contributed by atoms with E-state index in [-0.39, 0.29) is 18.2 Å². The third kappa shape index (κ3) is 4.14. The van der Waals surface area contributed by atoms with Gasteiger partial charge < -0.3 is 15.4 Å². The van der Waals surface area contributed by atoms with Gasteiger partial charge in [0.1, 0.15) is 5.75 Å². The van der Waals surface area contributed by atoms with Crippen molar-refractivity contribution in [3.8, 4) is 5.75 Å². The molecular weight excluding hydrogens is 364 g/mol. The number of para-hydroxylation sites is 1. The van der Waals surface area contributed by atoms with Gasteiger partial charge in [-0.15, -0.1) is 0 Å². The van der Waals surface area contributed by atoms with Crippen molar-refractivity contribution < 1.29 is 14.3 Å². The van der Waals surface area contributed by atoms with Crippen LogP contribution in [-0.4, -0.2) is 18.9 Å². The molecule has 0 saturated carbocycles. The number of hydrogen-bond donors (Lipinski definition) is 2. The highest BCUT2D eigenvalue weighted by Gasteiger charge is 2.30. The molecule has 1 aliphatic heterocycles. The molecule has 0 radical (unpaired) electrons. The maximum Gasteiger partial charge on any atom is 0.232 e. The molecule has 5 heteroatoms. The lowest BCUT2D eigenvalue weighted by Crippen LogP contribution is -2.30. The summed E-state index contributed by atoms with van der Waals surface area (Å²) in [4.78, 5) is 25.0. The van der Waals surface area contributed by atoms with Gasteiger partial charge in [0.05, 0.1) is 13.0 Å². The van der Waals surface area contributed by atoms with Gasteiger partial charge in [-0.3, -0.25) is 9.59 Å². The molecule has 0 spiro atoms. The zero-order valence-corrected chi connectivity index (χ0v) is 16.1. The summed E-state index contributed by atoms with van der Waals surface area (Å²) >= 11 is 0. The Labute approximate surface area is 169 Å². The van der Waals surface area contributed by atoms with Crippen molar-refractivity contribution in [2.24, 2.45) is 0 Å². The monoisotopic (exact) mass is 386 g/mol. The van der Waals surface area contributed by atoms with Crippen molar-refractivity contribution >= 4 is 23.2 Å². The molecule has 3 aromatic carbocycles. The lowest BCUT2D eigenvalue weighted by molar-refractivity contribution is -0.123. The van der Waals surface area contributed by atoms with Crippen molar-refractivity contribution in [1.29, 1.82) is 0 Å². The van der Waals surface area contributed by atoms with E-state index < -0.39 is 5.92 Å². The van der Waals surface area contributed by atoms with Crippen molar-refractivity contribution in [3.63, 3.8) is 0 Å². The summed E-state index contributed by atoms with van der Waals surface area (Å²) in [6.07, 6.45) is 0.832. The third-order valence-corrected chi connectivity index (χ3v) is 5.10. The molecule has 2 N–H and O–H groups in total. The fraction of sp³-hybridized carbons (Fsp3) is 0.167. The number of anilines is 2. The van der Waals surface area contributed by atoms with Crippen LogP contribution in [0, 0.1) is 0 Å². The van der Waals surface area contributed by atoms with Gasteiger partial charge in [-0.2, -0.15) is 0 Å². The van der Waals surface area contributed by atoms with E-state index in [0.29, 0.717) is 17.8 Å². The molecule has 3 aromatic rings. The van der Waals surface area contributed by atoms with Crippen molar-refractivity contribution in [1.82, 2.24) is 0 Å². The molecule has 1 unspecified atom stereocenters. The normalized spacial score (nSPS) is 15.2. The van der Waals surface area contributed by atoms with Crippen molar-refractivity contribution in [2.45, 2.75) is 18.8 Å². The molecule has 29 heavy (non-hydrogen) atoms. The van der Waals surface area contributed by atoms with Gasteiger partial charge in [-0.1, -0.05) is 48.5 Å². The van der Waals surface area contributed by atoms with E-state index in [1.807, 2.05) is 60.7 Å². The molecule has 2 amide bonds. The van der Waals surface area contributed by atoms with E-state index in [0.717, 1.165) is 22.4 Å². The van der Waals surface area contributed by atoms with Crippen LogP contribution in [0.2, 0.25) is 0 Å². The van der Waals surface area contributed by atoms with Crippen LogP contribution in [0.3, 0.4) is 0 Å². The van der Waals surface area contributed by atoms with Gasteiger partial charge in [0.2, 0.25) is 11.8 Å². The lowest BCUT2D eigenvalue weighted by Gasteiger charge is -2.25. The minimum absolute atomic E-state index is 0.135. The molecular formula is C24H22N2O3. The third-order valence-electron chi connectivity index (χ3n) is 5.10. The first-order valence-corrected chi connectivity index (χ1v) is 9.54. The average molecular weight is 386 g/mol. The maximum absolute atomic E-state index is 13.0. The number of amides is 2. The van der Waals surface area contributed by atoms with Crippen LogP contribution in [0.4, 0.5) is 11.4 Å². The van der Waals surface area contributed by atoms with Crippen LogP contribution >= 0.6 is 0 Å². The number of benzene rings is 3. The molecule has 4 rings (SSSR count). The number of fused-ring (bicyclic) bond motifs is 1. The summed E-state index contributed by atoms with van der Waals surface area (Å²) in [5.74, 6) is -0.0830. The first-order chi connectivity index (χ1) is 14.1. The Balaban J connectivity index is 1.57. The predicted molar refractivity (Wildman–Crippen MR) is 113 cm³/mol. The fourth-order valence-electron chi connectivity index (χ4n) is 3.68. The van der Waals surface area contributed by atoms with Gasteiger partial charge in [-0.25, -0.2) is 0 Å². The molecule has 1 heterocycles. The molecule has 0 saturated heterocycles. The van der Waals surface area contributed by atoms with E-state index >= 15 is 0 Å². The number of rotatable bonds is 5. The zero-order chi connectivity index (χ0) is 20.2. The van der Waals surface area contributed by atoms with E-state index in [2.05, 4.69) is 22.8 Å². The highest BCUT2D eigenvalue weighted by atomic mass is 16.5. The zero-order valence-electron chi connectivity index (χ0n) is 16.1. The number of carbonyl (C=O) groups excluding carboxylic acids is 2. The highest BCUT2D eigenvalue weighted by Crippen LogP contribution is 2.33. The summed E-state index contributed by atoms with van der Waals surface area (Å²) in [6.45, 7) is 0. The Morgan fingerprint density at radius 3 is 2.62 bits per heavy atom. The van der Waals surface area contributed by atoms with Gasteiger partial charge in [0.15, 0.2) is 0 Å². The van der Waals surface area contributed by atoms with Crippen LogP contribution in [-0.2, 0) is 16.0 Å². The maximum atomic E-state index is 13.0. The summed E-state index contributed by atoms with van der Waals surface area (Å²) in [5.41, 5.74) is 4.36. The molecule has 0 bridgehead atoms. The Morgan fingerprint density at radius 1 is 1.07 bits per heavy atom. The SMILES string of the molecule is COc1ccc(NC(=O)C2CC(=O)Nc3ccccc32)cc1Cc1ccccc1. The fourth-order valence-corrected chi connectivity index (χ4v) is 3.68. The van der Waals surface area contributed by atoms with E-state index in [1.165, 1.54) is 0 Å². The number of hydrogen-bond acceptors (Lipinski definition) is 3. The summed E-state index contributed by atoms with van der Waals surface area (Å²) < 4.78 is 5.49. The molecule has 0 aromatic heterocycles. The number of ether oxygens (including phenoxy) is 1. The molecule has 146 valence electrons. The lowest BCUT2D eigenvalue weighted by atomic mass is 9.89. The second kappa shape index (κ2) is 8.19. The quantitative estimate of drug-likeness (QED) is 0.685. The van der Waals surface area contributed by atoms with Crippen LogP contribution in [0.1, 0.15) is 29.0 Å². The standard InChI is InChI=1S/C24H22N2O3/c1-29-22-12-11-18(14-17(22)13-16-7-3-2-4-8-16)25-24(28)20-15-23(27)26-21-10-6-5-9-19(20)21/h2-12,14,20H,13,15H2,1H3,(H,25,28)(H,26,27). The van der Waals surface area contributed by atoms with Gasteiger partial charge in [-0.05, 0) is 35.4 Å². The van der Waals surface area contributed by atoms with Crippen molar-refractivity contribution in [3.05, 3.63) is 89.5 Å². The molecule has 1 aliphatic rings. The first kappa shape index (κ1) is 18.7. The van der Waals surface area contributed by atoms with Gasteiger partial charge >= 0.3 is 0 Å². The number of nitrogens with one attached hydrogen (secondary N) is 2. The summed E-state index contributed by atoms with van der Waals surface area (Å²) in [7, 11) is 1.64. The minimum atomic E-state index is -0.514. The second-order valence-corrected chi connectivity index (χ2v) is 7.07. The predicted octanol–water partition coefficient (Wildman–Crippen LogP) is 4.35. The van der Waals surface area contributed by atoms with Crippen LogP contribution in [0.25, 0.3) is 0 Å². The van der Waals surface area contributed by atoms with Crippen molar-refractivity contribution in [2.75, 3.05) is 17.7 Å². The smallest absolute Gasteiger partial charge is 0.232 e. The topological polar surface area (TPSA) is 67.4 Å². The van der Waals surface area contributed by atoms with Gasteiger partial charge in [0, 0.05) is 29.8 Å². The van der Waals surface area contributed by atoms with Crippen LogP contribution < -0.4 is 15.4 Å². The molecule has 5 nitrogen and oxygen atoms in total. The second-order valence-electron chi connectivity index (χ2n) is 7.07. The Bertz CT molecular complexity index is 1050. The van der Waals surface area contributed by atoms with Gasteiger partial charge in [0.25, 0.3) is 0 Å². The first-order valence-electron chi connectivity index (χ1n) is 9.54. The van der Waals surface area contributed by atoms with E-state index in [9.17, 15) is 9.59 Å². The molecule has 0 aliphatic carbocycles. The molecule has 0 fully saturated rings. The van der Waals surface area contributed by atoms with E-state index in [4.69, 9.17) is 4.74 Å². The largest absolute Gasteiger partial charge is 0.496 e. The Morgan fingerprint density at radius 2 is 1.83 bits per heavy atom. The Hall–Kier alpha value is -3.60. The summed E-state index contributed by atoms with van der Waals surface area (Å²) in [5, 5.41) is 5.80. The summed E-state index contributed by atoms with van der Waals surface area (Å²) in [6, 6.07) is 23.1. The highest BCUT2D eigenvalue weighted by molar-refractivity contribution is 6.05. The molecule has 1 atom stereocenters. The minimum Gasteiger partial charge on any atom is -0.496 e. The van der Waals surface area contributed by atoms with Crippen LogP contribution in [0.15, 0.2) is 72.8 Å².